The van der Waals surface area contributed by atoms with Crippen molar-refractivity contribution in [3.63, 3.8) is 0 Å². The number of hydrogen-bond acceptors (Lipinski definition) is 3. The summed E-state index contributed by atoms with van der Waals surface area (Å²) in [6.45, 7) is 3.67. The van der Waals surface area contributed by atoms with Crippen LogP contribution in [0.4, 0.5) is 5.69 Å². The highest BCUT2D eigenvalue weighted by Crippen LogP contribution is 2.27. The van der Waals surface area contributed by atoms with Gasteiger partial charge in [-0.05, 0) is 35.7 Å². The van der Waals surface area contributed by atoms with Crippen molar-refractivity contribution in [2.75, 3.05) is 25.6 Å². The van der Waals surface area contributed by atoms with E-state index in [0.29, 0.717) is 12.5 Å². The van der Waals surface area contributed by atoms with Crippen LogP contribution in [-0.4, -0.2) is 20.7 Å². The van der Waals surface area contributed by atoms with Crippen LogP contribution in [0.25, 0.3) is 0 Å². The number of nitrogens with two attached hydrogens (primary N) is 1. The van der Waals surface area contributed by atoms with Gasteiger partial charge in [0.25, 0.3) is 0 Å². The Morgan fingerprint density at radius 3 is 2.38 bits per heavy atom. The van der Waals surface area contributed by atoms with Crippen LogP contribution < -0.4 is 15.4 Å². The Morgan fingerprint density at radius 1 is 1.10 bits per heavy atom. The Hall–Kier alpha value is -2.00. The molecule has 0 fully saturated rings. The van der Waals surface area contributed by atoms with Gasteiger partial charge in [-0.15, -0.1) is 0 Å². The van der Waals surface area contributed by atoms with Crippen molar-refractivity contribution in [2.24, 2.45) is 5.73 Å². The van der Waals surface area contributed by atoms with E-state index in [1.165, 1.54) is 11.1 Å². The van der Waals surface area contributed by atoms with Crippen LogP contribution in [0.15, 0.2) is 48.5 Å². The number of rotatable bonds is 6. The number of benzene rings is 2. The van der Waals surface area contributed by atoms with Crippen LogP contribution in [0, 0.1) is 0 Å². The maximum Gasteiger partial charge on any atom is 0.142 e. The van der Waals surface area contributed by atoms with E-state index in [4.69, 9.17) is 10.5 Å². The maximum atomic E-state index is 5.71. The van der Waals surface area contributed by atoms with E-state index in [-0.39, 0.29) is 0 Å². The maximum absolute atomic E-state index is 5.71. The second-order valence-corrected chi connectivity index (χ2v) is 5.41. The van der Waals surface area contributed by atoms with Crippen LogP contribution in [0.2, 0.25) is 0 Å². The smallest absolute Gasteiger partial charge is 0.142 e. The topological polar surface area (TPSA) is 38.5 Å². The Bertz CT molecular complexity index is 566. The molecule has 0 amide bonds. The van der Waals surface area contributed by atoms with Gasteiger partial charge in [0.2, 0.25) is 0 Å². The lowest BCUT2D eigenvalue weighted by molar-refractivity contribution is 0.415. The number of methoxy groups -OCH3 is 1. The van der Waals surface area contributed by atoms with E-state index in [9.17, 15) is 0 Å². The number of anilines is 1. The number of hydrogen-bond donors (Lipinski definition) is 1. The predicted molar refractivity (Wildman–Crippen MR) is 89.0 cm³/mol. The fourth-order valence-electron chi connectivity index (χ4n) is 2.39. The van der Waals surface area contributed by atoms with Gasteiger partial charge in [0, 0.05) is 13.6 Å². The third-order valence-electron chi connectivity index (χ3n) is 3.82. The molecule has 0 radical (unpaired) electrons. The highest BCUT2D eigenvalue weighted by atomic mass is 16.5. The Kier molecular flexibility index (Phi) is 5.23. The molecule has 0 aromatic heterocycles. The molecular weight excluding hydrogens is 260 g/mol. The highest BCUT2D eigenvalue weighted by Gasteiger charge is 2.08. The molecule has 0 bridgehead atoms. The summed E-state index contributed by atoms with van der Waals surface area (Å²) < 4.78 is 5.41. The average Bonchev–Trinajstić information content (AvgIpc) is 2.54. The molecule has 1 unspecified atom stereocenters. The van der Waals surface area contributed by atoms with Crippen molar-refractivity contribution in [1.29, 1.82) is 0 Å². The van der Waals surface area contributed by atoms with Crippen LogP contribution >= 0.6 is 0 Å². The molecular formula is C18H24N2O. The molecule has 1 atom stereocenters. The summed E-state index contributed by atoms with van der Waals surface area (Å²) in [6, 6.07) is 16.8. The van der Waals surface area contributed by atoms with Crippen LogP contribution in [-0.2, 0) is 6.54 Å². The van der Waals surface area contributed by atoms with E-state index in [0.717, 1.165) is 18.0 Å². The summed E-state index contributed by atoms with van der Waals surface area (Å²) >= 11 is 0. The summed E-state index contributed by atoms with van der Waals surface area (Å²) in [5, 5.41) is 0. The lowest BCUT2D eigenvalue weighted by Gasteiger charge is -2.22. The van der Waals surface area contributed by atoms with Gasteiger partial charge >= 0.3 is 0 Å². The predicted octanol–water partition coefficient (Wildman–Crippen LogP) is 3.39. The molecule has 3 nitrogen and oxygen atoms in total. The van der Waals surface area contributed by atoms with Crippen molar-refractivity contribution < 1.29 is 4.74 Å². The molecule has 0 spiro atoms. The Balaban J connectivity index is 2.10. The summed E-state index contributed by atoms with van der Waals surface area (Å²) in [7, 11) is 3.78. The second kappa shape index (κ2) is 7.14. The van der Waals surface area contributed by atoms with Crippen molar-refractivity contribution in [3.05, 3.63) is 59.7 Å². The molecule has 0 saturated carbocycles. The molecule has 0 aliphatic rings. The number of para-hydroxylation sites is 2. The Morgan fingerprint density at radius 2 is 1.76 bits per heavy atom. The minimum absolute atomic E-state index is 0.408. The summed E-state index contributed by atoms with van der Waals surface area (Å²) in [5.41, 5.74) is 9.37. The minimum atomic E-state index is 0.408. The monoisotopic (exact) mass is 284 g/mol. The van der Waals surface area contributed by atoms with Gasteiger partial charge in [-0.2, -0.15) is 0 Å². The molecule has 0 saturated heterocycles. The van der Waals surface area contributed by atoms with Gasteiger partial charge in [-0.25, -0.2) is 0 Å². The highest BCUT2D eigenvalue weighted by molar-refractivity contribution is 5.58. The third-order valence-corrected chi connectivity index (χ3v) is 3.82. The molecule has 2 rings (SSSR count). The van der Waals surface area contributed by atoms with E-state index in [1.807, 2.05) is 18.2 Å². The first-order chi connectivity index (χ1) is 10.2. The zero-order valence-electron chi connectivity index (χ0n) is 13.0. The molecule has 0 heterocycles. The van der Waals surface area contributed by atoms with Crippen LogP contribution in [0.5, 0.6) is 5.75 Å². The van der Waals surface area contributed by atoms with Crippen LogP contribution in [0.1, 0.15) is 24.0 Å². The lowest BCUT2D eigenvalue weighted by Crippen LogP contribution is -2.17. The normalized spacial score (nSPS) is 12.0. The number of nitrogens with zero attached hydrogens (tertiary/aromatic N) is 1. The lowest BCUT2D eigenvalue weighted by atomic mass is 10.00. The van der Waals surface area contributed by atoms with Gasteiger partial charge in [0.1, 0.15) is 5.75 Å². The summed E-state index contributed by atoms with van der Waals surface area (Å²) in [4.78, 5) is 2.19. The van der Waals surface area contributed by atoms with Gasteiger partial charge < -0.3 is 15.4 Å². The first kappa shape index (κ1) is 15.4. The molecule has 0 aliphatic carbocycles. The van der Waals surface area contributed by atoms with Crippen molar-refractivity contribution in [1.82, 2.24) is 0 Å². The minimum Gasteiger partial charge on any atom is -0.495 e. The fraction of sp³-hybridized carbons (Fsp3) is 0.333. The average molecular weight is 284 g/mol. The number of ether oxygens (including phenoxy) is 1. The zero-order valence-corrected chi connectivity index (χ0v) is 13.0. The fourth-order valence-corrected chi connectivity index (χ4v) is 2.39. The van der Waals surface area contributed by atoms with Gasteiger partial charge in [0.05, 0.1) is 12.8 Å². The molecule has 2 N–H and O–H groups in total. The SMILES string of the molecule is COc1ccccc1N(C)Cc1ccc(C(C)CN)cc1. The second-order valence-electron chi connectivity index (χ2n) is 5.41. The van der Waals surface area contributed by atoms with Gasteiger partial charge in [-0.3, -0.25) is 0 Å². The first-order valence-electron chi connectivity index (χ1n) is 7.28. The molecule has 2 aromatic rings. The largest absolute Gasteiger partial charge is 0.495 e. The third kappa shape index (κ3) is 3.76. The summed E-state index contributed by atoms with van der Waals surface area (Å²) in [6.07, 6.45) is 0. The first-order valence-corrected chi connectivity index (χ1v) is 7.28. The quantitative estimate of drug-likeness (QED) is 0.883. The molecule has 3 heteroatoms. The van der Waals surface area contributed by atoms with Crippen LogP contribution in [0.3, 0.4) is 0 Å². The van der Waals surface area contributed by atoms with E-state index in [2.05, 4.69) is 49.2 Å². The molecule has 0 aliphatic heterocycles. The standard InChI is InChI=1S/C18H24N2O/c1-14(12-19)16-10-8-15(9-11-16)13-20(2)17-6-4-5-7-18(17)21-3/h4-11,14H,12-13,19H2,1-3H3. The summed E-state index contributed by atoms with van der Waals surface area (Å²) in [5.74, 6) is 1.30. The van der Waals surface area contributed by atoms with Gasteiger partial charge in [-0.1, -0.05) is 43.3 Å². The van der Waals surface area contributed by atoms with E-state index >= 15 is 0 Å². The van der Waals surface area contributed by atoms with Crippen molar-refractivity contribution >= 4 is 5.69 Å². The van der Waals surface area contributed by atoms with E-state index < -0.39 is 0 Å². The van der Waals surface area contributed by atoms with E-state index in [1.54, 1.807) is 7.11 Å². The zero-order chi connectivity index (χ0) is 15.2. The molecule has 21 heavy (non-hydrogen) atoms. The van der Waals surface area contributed by atoms with Gasteiger partial charge in [0.15, 0.2) is 0 Å². The Labute approximate surface area is 127 Å². The van der Waals surface area contributed by atoms with Crippen molar-refractivity contribution in [3.8, 4) is 5.75 Å². The van der Waals surface area contributed by atoms with Crippen molar-refractivity contribution in [2.45, 2.75) is 19.4 Å². The molecule has 2 aromatic carbocycles. The molecule has 112 valence electrons.